The maximum absolute atomic E-state index is 8.95. The van der Waals surface area contributed by atoms with Crippen LogP contribution in [0, 0.1) is 18.3 Å². The Morgan fingerprint density at radius 2 is 1.94 bits per heavy atom. The first kappa shape index (κ1) is 10.7. The second kappa shape index (κ2) is 4.34. The fraction of sp³-hybridized carbons (Fsp3) is 0.0769. The third kappa shape index (κ3) is 1.78. The molecule has 0 bridgehead atoms. The second-order valence-electron chi connectivity index (χ2n) is 3.44. The molecule has 2 nitrogen and oxygen atoms in total. The molecule has 2 rings (SSSR count). The number of rotatable bonds is 1. The minimum atomic E-state index is 0.433. The molecule has 0 fully saturated rings. The minimum Gasteiger partial charge on any atom is -0.243 e. The lowest BCUT2D eigenvalue weighted by molar-refractivity contribution is 1.25. The molecule has 0 saturated carbocycles. The van der Waals surface area contributed by atoms with E-state index in [-0.39, 0.29) is 0 Å². The van der Waals surface area contributed by atoms with E-state index in [1.807, 2.05) is 37.3 Å². The van der Waals surface area contributed by atoms with Gasteiger partial charge >= 0.3 is 0 Å². The quantitative estimate of drug-likeness (QED) is 0.700. The summed E-state index contributed by atoms with van der Waals surface area (Å²) in [7, 11) is 0. The molecule has 0 unspecified atom stereocenters. The second-order valence-corrected chi connectivity index (χ2v) is 3.80. The Labute approximate surface area is 99.1 Å². The highest BCUT2D eigenvalue weighted by molar-refractivity contribution is 6.32. The molecule has 1 aromatic heterocycles. The van der Waals surface area contributed by atoms with E-state index >= 15 is 0 Å². The Kier molecular flexibility index (Phi) is 2.89. The van der Waals surface area contributed by atoms with E-state index in [1.54, 1.807) is 0 Å². The van der Waals surface area contributed by atoms with Crippen molar-refractivity contribution in [3.8, 4) is 17.2 Å². The topological polar surface area (TPSA) is 36.7 Å². The summed E-state index contributed by atoms with van der Waals surface area (Å²) in [5.74, 6) is 0. The van der Waals surface area contributed by atoms with E-state index in [1.165, 1.54) is 6.20 Å². The maximum Gasteiger partial charge on any atom is 0.137 e. The van der Waals surface area contributed by atoms with Crippen molar-refractivity contribution in [3.63, 3.8) is 0 Å². The van der Waals surface area contributed by atoms with Crippen LogP contribution in [0.1, 0.15) is 11.1 Å². The molecule has 0 radical (unpaired) electrons. The molecule has 16 heavy (non-hydrogen) atoms. The van der Waals surface area contributed by atoms with Crippen molar-refractivity contribution in [1.29, 1.82) is 5.26 Å². The summed E-state index contributed by atoms with van der Waals surface area (Å²) in [6, 6.07) is 11.8. The van der Waals surface area contributed by atoms with E-state index < -0.39 is 0 Å². The molecule has 0 aliphatic heterocycles. The van der Waals surface area contributed by atoms with Crippen LogP contribution in [0.4, 0.5) is 0 Å². The maximum atomic E-state index is 8.95. The monoisotopic (exact) mass is 228 g/mol. The highest BCUT2D eigenvalue weighted by Crippen LogP contribution is 2.30. The van der Waals surface area contributed by atoms with Gasteiger partial charge in [0.15, 0.2) is 0 Å². The van der Waals surface area contributed by atoms with Crippen LogP contribution in [-0.2, 0) is 0 Å². The van der Waals surface area contributed by atoms with Gasteiger partial charge in [0.25, 0.3) is 0 Å². The third-order valence-electron chi connectivity index (χ3n) is 2.48. The predicted molar refractivity (Wildman–Crippen MR) is 64.1 cm³/mol. The lowest BCUT2D eigenvalue weighted by atomic mass is 10.00. The molecule has 1 heterocycles. The van der Waals surface area contributed by atoms with Gasteiger partial charge in [-0.3, -0.25) is 0 Å². The molecule has 0 N–H and O–H groups in total. The summed E-state index contributed by atoms with van der Waals surface area (Å²) < 4.78 is 0. The highest BCUT2D eigenvalue weighted by atomic mass is 35.5. The third-order valence-corrected chi connectivity index (χ3v) is 2.76. The predicted octanol–water partition coefficient (Wildman–Crippen LogP) is 3.58. The summed E-state index contributed by atoms with van der Waals surface area (Å²) in [6.45, 7) is 1.88. The van der Waals surface area contributed by atoms with Crippen LogP contribution in [-0.4, -0.2) is 4.98 Å². The molecule has 0 aliphatic carbocycles. The van der Waals surface area contributed by atoms with E-state index in [9.17, 15) is 0 Å². The molecular formula is C13H9ClN2. The van der Waals surface area contributed by atoms with Crippen LogP contribution >= 0.6 is 11.6 Å². The number of pyridine rings is 1. The fourth-order valence-electron chi connectivity index (χ4n) is 1.63. The van der Waals surface area contributed by atoms with Gasteiger partial charge in [0.05, 0.1) is 5.56 Å². The van der Waals surface area contributed by atoms with Gasteiger partial charge < -0.3 is 0 Å². The van der Waals surface area contributed by atoms with Crippen LogP contribution in [0.25, 0.3) is 11.1 Å². The zero-order valence-electron chi connectivity index (χ0n) is 8.74. The Bertz CT molecular complexity index is 556. The molecule has 0 saturated heterocycles. The van der Waals surface area contributed by atoms with Crippen molar-refractivity contribution in [2.75, 3.05) is 0 Å². The smallest absolute Gasteiger partial charge is 0.137 e. The van der Waals surface area contributed by atoms with Crippen molar-refractivity contribution in [3.05, 3.63) is 52.8 Å². The van der Waals surface area contributed by atoms with Crippen LogP contribution in [0.15, 0.2) is 36.5 Å². The summed E-state index contributed by atoms with van der Waals surface area (Å²) >= 11 is 6.07. The molecule has 0 atom stereocenters. The summed E-state index contributed by atoms with van der Waals surface area (Å²) in [5, 5.41) is 9.38. The first-order chi connectivity index (χ1) is 7.74. The average molecular weight is 229 g/mol. The Morgan fingerprint density at radius 3 is 2.56 bits per heavy atom. The highest BCUT2D eigenvalue weighted by Gasteiger charge is 2.11. The van der Waals surface area contributed by atoms with E-state index in [2.05, 4.69) is 11.1 Å². The van der Waals surface area contributed by atoms with Gasteiger partial charge in [0.1, 0.15) is 11.2 Å². The van der Waals surface area contributed by atoms with Gasteiger partial charge in [-0.15, -0.1) is 0 Å². The number of nitriles is 1. The van der Waals surface area contributed by atoms with Gasteiger partial charge in [-0.1, -0.05) is 41.9 Å². The first-order valence-electron chi connectivity index (χ1n) is 4.84. The molecular weight excluding hydrogens is 220 g/mol. The van der Waals surface area contributed by atoms with Crippen molar-refractivity contribution in [1.82, 2.24) is 4.98 Å². The molecule has 1 aromatic carbocycles. The number of nitrogens with zero attached hydrogens (tertiary/aromatic N) is 2. The van der Waals surface area contributed by atoms with Crippen molar-refractivity contribution < 1.29 is 0 Å². The van der Waals surface area contributed by atoms with Crippen molar-refractivity contribution >= 4 is 11.6 Å². The van der Waals surface area contributed by atoms with Crippen molar-refractivity contribution in [2.24, 2.45) is 0 Å². The summed E-state index contributed by atoms with van der Waals surface area (Å²) in [6.07, 6.45) is 1.50. The molecule has 3 heteroatoms. The number of benzene rings is 1. The zero-order chi connectivity index (χ0) is 11.5. The zero-order valence-corrected chi connectivity index (χ0v) is 9.49. The number of hydrogen-bond donors (Lipinski definition) is 0. The normalized spacial score (nSPS) is 9.81. The first-order valence-corrected chi connectivity index (χ1v) is 5.22. The van der Waals surface area contributed by atoms with Crippen LogP contribution in [0.5, 0.6) is 0 Å². The van der Waals surface area contributed by atoms with Gasteiger partial charge in [0, 0.05) is 11.8 Å². The van der Waals surface area contributed by atoms with Gasteiger partial charge in [-0.25, -0.2) is 4.98 Å². The standard InChI is InChI=1S/C13H9ClN2/c1-9-11(7-15)8-16-13(14)12(9)10-5-3-2-4-6-10/h2-6,8H,1H3. The minimum absolute atomic E-state index is 0.433. The molecule has 0 spiro atoms. The largest absolute Gasteiger partial charge is 0.243 e. The molecule has 0 amide bonds. The van der Waals surface area contributed by atoms with Crippen LogP contribution < -0.4 is 0 Å². The van der Waals surface area contributed by atoms with E-state index in [0.717, 1.165) is 16.7 Å². The molecule has 2 aromatic rings. The van der Waals surface area contributed by atoms with Crippen LogP contribution in [0.2, 0.25) is 5.15 Å². The van der Waals surface area contributed by atoms with E-state index in [0.29, 0.717) is 10.7 Å². The average Bonchev–Trinajstić information content (AvgIpc) is 2.31. The SMILES string of the molecule is Cc1c(C#N)cnc(Cl)c1-c1ccccc1. The van der Waals surface area contributed by atoms with Gasteiger partial charge in [0.2, 0.25) is 0 Å². The number of halogens is 1. The fourth-order valence-corrected chi connectivity index (χ4v) is 1.92. The Balaban J connectivity index is 2.70. The summed E-state index contributed by atoms with van der Waals surface area (Å²) in [4.78, 5) is 4.03. The molecule has 78 valence electrons. The lowest BCUT2D eigenvalue weighted by Gasteiger charge is -2.08. The Hall–Kier alpha value is -1.85. The van der Waals surface area contributed by atoms with Gasteiger partial charge in [-0.05, 0) is 18.1 Å². The number of aromatic nitrogens is 1. The summed E-state index contributed by atoms with van der Waals surface area (Å²) in [5.41, 5.74) is 3.24. The lowest BCUT2D eigenvalue weighted by Crippen LogP contribution is -1.92. The Morgan fingerprint density at radius 1 is 1.25 bits per heavy atom. The van der Waals surface area contributed by atoms with Crippen LogP contribution in [0.3, 0.4) is 0 Å². The van der Waals surface area contributed by atoms with Crippen molar-refractivity contribution in [2.45, 2.75) is 6.92 Å². The molecule has 0 aliphatic rings. The van der Waals surface area contributed by atoms with Gasteiger partial charge in [-0.2, -0.15) is 5.26 Å². The number of hydrogen-bond acceptors (Lipinski definition) is 2. The van der Waals surface area contributed by atoms with E-state index in [4.69, 9.17) is 16.9 Å².